The first kappa shape index (κ1) is 15.0. The number of hydrogen-bond acceptors (Lipinski definition) is 3. The van der Waals surface area contributed by atoms with Crippen LogP contribution < -0.4 is 16.0 Å². The van der Waals surface area contributed by atoms with E-state index in [1.54, 1.807) is 0 Å². The van der Waals surface area contributed by atoms with Gasteiger partial charge < -0.3 is 16.0 Å². The summed E-state index contributed by atoms with van der Waals surface area (Å²) in [5.74, 6) is 0.154. The van der Waals surface area contributed by atoms with Crippen LogP contribution in [0.2, 0.25) is 0 Å². The molecule has 5 heteroatoms. The summed E-state index contributed by atoms with van der Waals surface area (Å²) >= 11 is 0. The summed E-state index contributed by atoms with van der Waals surface area (Å²) in [6.07, 6.45) is 4.49. The lowest BCUT2D eigenvalue weighted by atomic mass is 10.2. The number of hydrogen-bond donors (Lipinski definition) is 3. The Labute approximate surface area is 109 Å². The summed E-state index contributed by atoms with van der Waals surface area (Å²) in [4.78, 5) is 22.9. The van der Waals surface area contributed by atoms with Gasteiger partial charge in [-0.3, -0.25) is 9.59 Å². The Morgan fingerprint density at radius 2 is 2.00 bits per heavy atom. The highest BCUT2D eigenvalue weighted by atomic mass is 16.2. The van der Waals surface area contributed by atoms with Gasteiger partial charge in [0.25, 0.3) is 0 Å². The summed E-state index contributed by atoms with van der Waals surface area (Å²) < 4.78 is 0. The molecule has 0 aromatic carbocycles. The molecule has 1 aliphatic rings. The topological polar surface area (TPSA) is 70.2 Å². The average Bonchev–Trinajstić information content (AvgIpc) is 3.15. The van der Waals surface area contributed by atoms with Crippen LogP contribution in [0.1, 0.15) is 46.0 Å². The zero-order valence-electron chi connectivity index (χ0n) is 11.4. The van der Waals surface area contributed by atoms with Gasteiger partial charge in [0, 0.05) is 19.0 Å². The molecule has 1 aliphatic carbocycles. The fourth-order valence-electron chi connectivity index (χ4n) is 1.59. The molecule has 3 N–H and O–H groups in total. The number of carbonyl (C=O) groups excluding carboxylic acids is 2. The number of nitrogens with one attached hydrogen (secondary N) is 3. The molecule has 0 saturated heterocycles. The van der Waals surface area contributed by atoms with Crippen LogP contribution in [0, 0.1) is 0 Å². The third-order valence-corrected chi connectivity index (χ3v) is 2.92. The molecule has 1 atom stereocenters. The zero-order valence-corrected chi connectivity index (χ0v) is 11.4. The van der Waals surface area contributed by atoms with Gasteiger partial charge >= 0.3 is 0 Å². The first-order valence-corrected chi connectivity index (χ1v) is 6.94. The van der Waals surface area contributed by atoms with Crippen LogP contribution in [0.15, 0.2) is 0 Å². The van der Waals surface area contributed by atoms with Crippen LogP contribution in [0.4, 0.5) is 0 Å². The fourth-order valence-corrected chi connectivity index (χ4v) is 1.59. The molecule has 1 fully saturated rings. The number of carbonyl (C=O) groups is 2. The third kappa shape index (κ3) is 6.59. The van der Waals surface area contributed by atoms with Gasteiger partial charge in [0.05, 0.1) is 6.04 Å². The maximum absolute atomic E-state index is 11.5. The first-order chi connectivity index (χ1) is 8.63. The molecule has 0 aromatic rings. The summed E-state index contributed by atoms with van der Waals surface area (Å²) in [6, 6.07) is 0.243. The molecule has 0 aromatic heterocycles. The van der Waals surface area contributed by atoms with Gasteiger partial charge in [0.15, 0.2) is 0 Å². The van der Waals surface area contributed by atoms with Crippen LogP contribution in [0.5, 0.6) is 0 Å². The Morgan fingerprint density at radius 1 is 1.28 bits per heavy atom. The van der Waals surface area contributed by atoms with E-state index in [1.807, 2.05) is 13.8 Å². The van der Waals surface area contributed by atoms with Gasteiger partial charge in [-0.25, -0.2) is 0 Å². The molecule has 1 saturated carbocycles. The minimum atomic E-state index is -0.192. The van der Waals surface area contributed by atoms with Gasteiger partial charge in [-0.05, 0) is 39.2 Å². The average molecular weight is 255 g/mol. The molecule has 2 amide bonds. The van der Waals surface area contributed by atoms with Crippen molar-refractivity contribution in [3.8, 4) is 0 Å². The van der Waals surface area contributed by atoms with Gasteiger partial charge in [-0.1, -0.05) is 6.92 Å². The van der Waals surface area contributed by atoms with Gasteiger partial charge in [0.2, 0.25) is 11.8 Å². The Morgan fingerprint density at radius 3 is 2.61 bits per heavy atom. The molecule has 5 nitrogen and oxygen atoms in total. The van der Waals surface area contributed by atoms with Gasteiger partial charge in [-0.2, -0.15) is 0 Å². The molecular weight excluding hydrogens is 230 g/mol. The molecule has 1 unspecified atom stereocenters. The lowest BCUT2D eigenvalue weighted by Crippen LogP contribution is -2.42. The van der Waals surface area contributed by atoms with Crippen molar-refractivity contribution in [2.45, 2.75) is 58.0 Å². The summed E-state index contributed by atoms with van der Waals surface area (Å²) in [5.41, 5.74) is 0. The second kappa shape index (κ2) is 8.08. The van der Waals surface area contributed by atoms with Crippen molar-refractivity contribution in [1.29, 1.82) is 0 Å². The number of rotatable bonds is 9. The van der Waals surface area contributed by atoms with E-state index in [4.69, 9.17) is 0 Å². The minimum absolute atomic E-state index is 0.0271. The molecule has 1 rings (SSSR count). The highest BCUT2D eigenvalue weighted by Gasteiger charge is 2.22. The van der Waals surface area contributed by atoms with Crippen molar-refractivity contribution in [3.05, 3.63) is 0 Å². The van der Waals surface area contributed by atoms with Crippen molar-refractivity contribution in [1.82, 2.24) is 16.0 Å². The SMILES string of the molecule is CCCNC(=O)C(C)NCCCC(=O)NC1CC1. The molecule has 0 heterocycles. The summed E-state index contributed by atoms with van der Waals surface area (Å²) in [7, 11) is 0. The lowest BCUT2D eigenvalue weighted by Gasteiger charge is -2.13. The monoisotopic (exact) mass is 255 g/mol. The molecule has 0 bridgehead atoms. The summed E-state index contributed by atoms with van der Waals surface area (Å²) in [6.45, 7) is 5.28. The van der Waals surface area contributed by atoms with E-state index in [2.05, 4.69) is 16.0 Å². The molecule has 0 radical (unpaired) electrons. The standard InChI is InChI=1S/C13H25N3O2/c1-3-8-15-13(18)10(2)14-9-4-5-12(17)16-11-6-7-11/h10-11,14H,3-9H2,1-2H3,(H,15,18)(H,16,17). The third-order valence-electron chi connectivity index (χ3n) is 2.92. The normalized spacial score (nSPS) is 16.1. The van der Waals surface area contributed by atoms with E-state index in [0.717, 1.165) is 25.7 Å². The van der Waals surface area contributed by atoms with Gasteiger partial charge in [-0.15, -0.1) is 0 Å². The van der Waals surface area contributed by atoms with Crippen molar-refractivity contribution in [3.63, 3.8) is 0 Å². The minimum Gasteiger partial charge on any atom is -0.355 e. The summed E-state index contributed by atoms with van der Waals surface area (Å²) in [5, 5.41) is 8.91. The molecule has 104 valence electrons. The Hall–Kier alpha value is -1.10. The highest BCUT2D eigenvalue weighted by molar-refractivity contribution is 5.81. The first-order valence-electron chi connectivity index (χ1n) is 6.94. The lowest BCUT2D eigenvalue weighted by molar-refractivity contribution is -0.122. The molecule has 0 aliphatic heterocycles. The Balaban J connectivity index is 1.98. The van der Waals surface area contributed by atoms with E-state index < -0.39 is 0 Å². The molecular formula is C13H25N3O2. The van der Waals surface area contributed by atoms with Crippen LogP contribution in [0.3, 0.4) is 0 Å². The molecule has 0 spiro atoms. The van der Waals surface area contributed by atoms with Crippen molar-refractivity contribution < 1.29 is 9.59 Å². The predicted octanol–water partition coefficient (Wildman–Crippen LogP) is 0.550. The highest BCUT2D eigenvalue weighted by Crippen LogP contribution is 2.18. The van der Waals surface area contributed by atoms with E-state index >= 15 is 0 Å². The van der Waals surface area contributed by atoms with E-state index in [9.17, 15) is 9.59 Å². The second-order valence-corrected chi connectivity index (χ2v) is 4.91. The fraction of sp³-hybridized carbons (Fsp3) is 0.846. The second-order valence-electron chi connectivity index (χ2n) is 4.91. The van der Waals surface area contributed by atoms with Crippen LogP contribution >= 0.6 is 0 Å². The Kier molecular flexibility index (Phi) is 6.72. The van der Waals surface area contributed by atoms with Crippen molar-refractivity contribution in [2.24, 2.45) is 0 Å². The van der Waals surface area contributed by atoms with Gasteiger partial charge in [0.1, 0.15) is 0 Å². The van der Waals surface area contributed by atoms with E-state index in [1.165, 1.54) is 0 Å². The van der Waals surface area contributed by atoms with Crippen LogP contribution in [-0.4, -0.2) is 37.0 Å². The van der Waals surface area contributed by atoms with Crippen LogP contribution in [-0.2, 0) is 9.59 Å². The molecule has 18 heavy (non-hydrogen) atoms. The number of amides is 2. The maximum atomic E-state index is 11.5. The van der Waals surface area contributed by atoms with Crippen molar-refractivity contribution in [2.75, 3.05) is 13.1 Å². The largest absolute Gasteiger partial charge is 0.355 e. The van der Waals surface area contributed by atoms with Crippen LogP contribution in [0.25, 0.3) is 0 Å². The smallest absolute Gasteiger partial charge is 0.236 e. The van der Waals surface area contributed by atoms with E-state index in [-0.39, 0.29) is 17.9 Å². The maximum Gasteiger partial charge on any atom is 0.236 e. The Bertz CT molecular complexity index is 277. The quantitative estimate of drug-likeness (QED) is 0.527. The van der Waals surface area contributed by atoms with E-state index in [0.29, 0.717) is 25.6 Å². The van der Waals surface area contributed by atoms with Crippen molar-refractivity contribution >= 4 is 11.8 Å². The zero-order chi connectivity index (χ0) is 13.4. The predicted molar refractivity (Wildman–Crippen MR) is 71.2 cm³/mol.